The molecule has 0 spiro atoms. The molecule has 2 aromatic rings. The summed E-state index contributed by atoms with van der Waals surface area (Å²) >= 11 is 3.48. The van der Waals surface area contributed by atoms with Gasteiger partial charge in [0.05, 0.1) is 6.61 Å². The van der Waals surface area contributed by atoms with Crippen LogP contribution in [-0.2, 0) is 11.3 Å². The average Bonchev–Trinajstić information content (AvgIpc) is 2.82. The van der Waals surface area contributed by atoms with Crippen molar-refractivity contribution in [3.63, 3.8) is 0 Å². The first-order chi connectivity index (χ1) is 8.61. The Morgan fingerprint density at radius 2 is 2.11 bits per heavy atom. The van der Waals surface area contributed by atoms with E-state index in [0.29, 0.717) is 18.5 Å². The number of rotatable bonds is 4. The highest BCUT2D eigenvalue weighted by Crippen LogP contribution is 2.26. The number of aromatic nitrogens is 2. The van der Waals surface area contributed by atoms with Gasteiger partial charge in [-0.25, -0.2) is 0 Å². The van der Waals surface area contributed by atoms with Crippen LogP contribution in [0.3, 0.4) is 0 Å². The summed E-state index contributed by atoms with van der Waals surface area (Å²) in [6.45, 7) is 0.531. The first-order valence-electron chi connectivity index (χ1n) is 5.40. The number of hydrogen-bond acceptors (Lipinski definition) is 5. The summed E-state index contributed by atoms with van der Waals surface area (Å²) in [4.78, 5) is 1.77. The molecule has 6 heteroatoms. The fourth-order valence-electron chi connectivity index (χ4n) is 1.49. The van der Waals surface area contributed by atoms with E-state index in [-0.39, 0.29) is 0 Å². The van der Waals surface area contributed by atoms with Crippen LogP contribution in [0.5, 0.6) is 0 Å². The number of methoxy groups -OCH3 is 1. The SMILES string of the molecule is COCc1cc(-c2nnc(N(C)C)o2)ccc1Br. The molecular formula is C12H14BrN3O2. The molecular weight excluding hydrogens is 298 g/mol. The van der Waals surface area contributed by atoms with Crippen LogP contribution in [0.25, 0.3) is 11.5 Å². The summed E-state index contributed by atoms with van der Waals surface area (Å²) in [7, 11) is 5.38. The number of halogens is 1. The zero-order chi connectivity index (χ0) is 13.1. The third-order valence-electron chi connectivity index (χ3n) is 2.39. The van der Waals surface area contributed by atoms with Gasteiger partial charge >= 0.3 is 6.01 Å². The molecule has 0 atom stereocenters. The quantitative estimate of drug-likeness (QED) is 0.869. The monoisotopic (exact) mass is 311 g/mol. The predicted octanol–water partition coefficient (Wildman–Crippen LogP) is 2.71. The van der Waals surface area contributed by atoms with Crippen molar-refractivity contribution in [3.8, 4) is 11.5 Å². The Labute approximate surface area is 114 Å². The van der Waals surface area contributed by atoms with Gasteiger partial charge in [0.1, 0.15) is 0 Å². The van der Waals surface area contributed by atoms with E-state index in [0.717, 1.165) is 15.6 Å². The van der Waals surface area contributed by atoms with Crippen molar-refractivity contribution in [2.24, 2.45) is 0 Å². The smallest absolute Gasteiger partial charge is 0.317 e. The average molecular weight is 312 g/mol. The molecule has 5 nitrogen and oxygen atoms in total. The number of anilines is 1. The maximum absolute atomic E-state index is 5.55. The zero-order valence-corrected chi connectivity index (χ0v) is 12.1. The number of hydrogen-bond donors (Lipinski definition) is 0. The molecule has 0 amide bonds. The molecule has 0 saturated carbocycles. The van der Waals surface area contributed by atoms with E-state index in [1.54, 1.807) is 12.0 Å². The molecule has 0 fully saturated rings. The van der Waals surface area contributed by atoms with E-state index in [4.69, 9.17) is 9.15 Å². The van der Waals surface area contributed by atoms with Crippen molar-refractivity contribution in [2.45, 2.75) is 6.61 Å². The van der Waals surface area contributed by atoms with Crippen LogP contribution in [0.15, 0.2) is 27.1 Å². The van der Waals surface area contributed by atoms with Gasteiger partial charge in [-0.15, -0.1) is 5.10 Å². The number of ether oxygens (including phenoxy) is 1. The third kappa shape index (κ3) is 2.70. The van der Waals surface area contributed by atoms with Gasteiger partial charge in [0.25, 0.3) is 0 Å². The molecule has 1 aromatic heterocycles. The Hall–Kier alpha value is -1.40. The summed E-state index contributed by atoms with van der Waals surface area (Å²) in [6.07, 6.45) is 0. The summed E-state index contributed by atoms with van der Waals surface area (Å²) in [5.74, 6) is 0.503. The van der Waals surface area contributed by atoms with Crippen LogP contribution in [0, 0.1) is 0 Å². The van der Waals surface area contributed by atoms with Gasteiger partial charge in [-0.3, -0.25) is 0 Å². The molecule has 0 bridgehead atoms. The van der Waals surface area contributed by atoms with Crippen molar-refractivity contribution in [2.75, 3.05) is 26.1 Å². The van der Waals surface area contributed by atoms with E-state index in [9.17, 15) is 0 Å². The van der Waals surface area contributed by atoms with Crippen LogP contribution >= 0.6 is 15.9 Å². The van der Waals surface area contributed by atoms with Crippen molar-refractivity contribution >= 4 is 21.9 Å². The normalized spacial score (nSPS) is 10.7. The second-order valence-electron chi connectivity index (χ2n) is 4.02. The first-order valence-corrected chi connectivity index (χ1v) is 6.19. The van der Waals surface area contributed by atoms with E-state index >= 15 is 0 Å². The Kier molecular flexibility index (Phi) is 3.98. The van der Waals surface area contributed by atoms with Crippen LogP contribution in [0.1, 0.15) is 5.56 Å². The van der Waals surface area contributed by atoms with E-state index in [2.05, 4.69) is 26.1 Å². The molecule has 18 heavy (non-hydrogen) atoms. The van der Waals surface area contributed by atoms with E-state index in [1.807, 2.05) is 32.3 Å². The van der Waals surface area contributed by atoms with E-state index < -0.39 is 0 Å². The van der Waals surface area contributed by atoms with Gasteiger partial charge in [-0.1, -0.05) is 21.0 Å². The van der Waals surface area contributed by atoms with Gasteiger partial charge in [-0.05, 0) is 23.8 Å². The zero-order valence-electron chi connectivity index (χ0n) is 10.5. The van der Waals surface area contributed by atoms with Crippen LogP contribution < -0.4 is 4.90 Å². The Bertz CT molecular complexity index is 540. The lowest BCUT2D eigenvalue weighted by atomic mass is 10.1. The molecule has 0 aliphatic rings. The van der Waals surface area contributed by atoms with Crippen molar-refractivity contribution in [3.05, 3.63) is 28.2 Å². The molecule has 1 aromatic carbocycles. The highest BCUT2D eigenvalue weighted by molar-refractivity contribution is 9.10. The molecule has 0 aliphatic heterocycles. The number of nitrogens with zero attached hydrogens (tertiary/aromatic N) is 3. The van der Waals surface area contributed by atoms with Crippen LogP contribution in [0.2, 0.25) is 0 Å². The molecule has 0 saturated heterocycles. The molecule has 0 aliphatic carbocycles. The lowest BCUT2D eigenvalue weighted by Crippen LogP contribution is -2.08. The van der Waals surface area contributed by atoms with E-state index in [1.165, 1.54) is 0 Å². The highest BCUT2D eigenvalue weighted by atomic mass is 79.9. The minimum atomic E-state index is 0.487. The summed E-state index contributed by atoms with van der Waals surface area (Å²) in [6, 6.07) is 6.33. The molecule has 0 unspecified atom stereocenters. The molecule has 96 valence electrons. The minimum Gasteiger partial charge on any atom is -0.403 e. The summed E-state index contributed by atoms with van der Waals surface area (Å²) < 4.78 is 11.7. The fraction of sp³-hybridized carbons (Fsp3) is 0.333. The highest BCUT2D eigenvalue weighted by Gasteiger charge is 2.11. The Morgan fingerprint density at radius 1 is 1.33 bits per heavy atom. The van der Waals surface area contributed by atoms with Crippen LogP contribution in [-0.4, -0.2) is 31.4 Å². The maximum atomic E-state index is 5.55. The summed E-state index contributed by atoms with van der Waals surface area (Å²) in [5, 5.41) is 7.98. The topological polar surface area (TPSA) is 51.4 Å². The molecule has 0 N–H and O–H groups in total. The van der Waals surface area contributed by atoms with Crippen molar-refractivity contribution in [1.29, 1.82) is 0 Å². The van der Waals surface area contributed by atoms with Gasteiger partial charge < -0.3 is 14.1 Å². The van der Waals surface area contributed by atoms with Crippen LogP contribution in [0.4, 0.5) is 6.01 Å². The van der Waals surface area contributed by atoms with Gasteiger partial charge in [0, 0.05) is 31.2 Å². The second-order valence-corrected chi connectivity index (χ2v) is 4.88. The van der Waals surface area contributed by atoms with Gasteiger partial charge in [-0.2, -0.15) is 0 Å². The minimum absolute atomic E-state index is 0.487. The fourth-order valence-corrected chi connectivity index (χ4v) is 1.85. The second kappa shape index (κ2) is 5.49. The van der Waals surface area contributed by atoms with Crippen molar-refractivity contribution in [1.82, 2.24) is 10.2 Å². The summed E-state index contributed by atoms with van der Waals surface area (Å²) in [5.41, 5.74) is 1.92. The van der Waals surface area contributed by atoms with Crippen molar-refractivity contribution < 1.29 is 9.15 Å². The number of benzene rings is 1. The predicted molar refractivity (Wildman–Crippen MR) is 72.5 cm³/mol. The standard InChI is InChI=1S/C12H14BrN3O2/c1-16(2)12-15-14-11(18-12)8-4-5-10(13)9(6-8)7-17-3/h4-6H,7H2,1-3H3. The molecule has 2 rings (SSSR count). The van der Waals surface area contributed by atoms with Gasteiger partial charge in [0.15, 0.2) is 0 Å². The largest absolute Gasteiger partial charge is 0.403 e. The third-order valence-corrected chi connectivity index (χ3v) is 3.16. The Morgan fingerprint density at radius 3 is 2.72 bits per heavy atom. The first kappa shape index (κ1) is 13.0. The maximum Gasteiger partial charge on any atom is 0.317 e. The lowest BCUT2D eigenvalue weighted by Gasteiger charge is -2.05. The molecule has 0 radical (unpaired) electrons. The Balaban J connectivity index is 2.34. The van der Waals surface area contributed by atoms with Gasteiger partial charge in [0.2, 0.25) is 5.89 Å². The molecule has 1 heterocycles. The lowest BCUT2D eigenvalue weighted by molar-refractivity contribution is 0.184.